The second-order valence-corrected chi connectivity index (χ2v) is 9.14. The normalized spacial score (nSPS) is 40.1. The monoisotopic (exact) mass is 342 g/mol. The molecule has 0 saturated heterocycles. The summed E-state index contributed by atoms with van der Waals surface area (Å²) in [5.41, 5.74) is 0.607. The number of rotatable bonds is 3. The van der Waals surface area contributed by atoms with Crippen molar-refractivity contribution in [3.05, 3.63) is 11.6 Å². The van der Waals surface area contributed by atoms with Crippen LogP contribution in [-0.4, -0.2) is 22.5 Å². The van der Waals surface area contributed by atoms with Gasteiger partial charge in [0.2, 0.25) is 0 Å². The molecular weight excluding hydrogens is 320 g/mol. The molecule has 1 aliphatic heterocycles. The van der Waals surface area contributed by atoms with Gasteiger partial charge in [0.05, 0.1) is 16.9 Å². The van der Waals surface area contributed by atoms with Crippen LogP contribution in [0.25, 0.3) is 0 Å². The quantitative estimate of drug-likeness (QED) is 0.786. The minimum absolute atomic E-state index is 0.117. The van der Waals surface area contributed by atoms with E-state index in [1.165, 1.54) is 37.1 Å². The van der Waals surface area contributed by atoms with Crippen molar-refractivity contribution in [1.82, 2.24) is 0 Å². The second-order valence-electron chi connectivity index (χ2n) is 8.15. The van der Waals surface area contributed by atoms with Crippen molar-refractivity contribution in [1.29, 1.82) is 5.26 Å². The molecule has 5 heteroatoms. The van der Waals surface area contributed by atoms with Gasteiger partial charge in [-0.05, 0) is 68.8 Å². The van der Waals surface area contributed by atoms with E-state index in [1.54, 1.807) is 6.92 Å². The molecule has 5 aliphatic rings. The minimum atomic E-state index is -0.475. The molecule has 0 aromatic carbocycles. The molecular formula is C19H22N2O2S. The van der Waals surface area contributed by atoms with Gasteiger partial charge in [0, 0.05) is 11.5 Å². The third-order valence-electron chi connectivity index (χ3n) is 6.38. The number of carbonyl (C=O) groups excluding carboxylic acids is 2. The zero-order chi connectivity index (χ0) is 16.9. The number of carbonyl (C=O) groups is 2. The van der Waals surface area contributed by atoms with E-state index in [0.717, 1.165) is 42.6 Å². The number of amides is 1. The van der Waals surface area contributed by atoms with E-state index in [9.17, 15) is 14.9 Å². The molecule has 24 heavy (non-hydrogen) atoms. The maximum atomic E-state index is 13.0. The molecule has 5 rings (SSSR count). The van der Waals surface area contributed by atoms with Gasteiger partial charge in [-0.25, -0.2) is 4.99 Å². The number of ketones is 1. The van der Waals surface area contributed by atoms with E-state index < -0.39 is 5.92 Å². The number of nitriles is 1. The van der Waals surface area contributed by atoms with Crippen LogP contribution in [0.15, 0.2) is 16.6 Å². The van der Waals surface area contributed by atoms with Crippen LogP contribution in [0, 0.1) is 40.4 Å². The lowest BCUT2D eigenvalue weighted by Gasteiger charge is -2.56. The van der Waals surface area contributed by atoms with Gasteiger partial charge < -0.3 is 0 Å². The van der Waals surface area contributed by atoms with Gasteiger partial charge in [-0.2, -0.15) is 5.26 Å². The number of aliphatic imine (C=N–C) groups is 1. The molecule has 1 atom stereocenters. The molecule has 4 aliphatic carbocycles. The summed E-state index contributed by atoms with van der Waals surface area (Å²) in [6, 6.07) is 2.20. The maximum Gasteiger partial charge on any atom is 0.270 e. The van der Waals surface area contributed by atoms with Crippen molar-refractivity contribution in [2.45, 2.75) is 45.4 Å². The van der Waals surface area contributed by atoms with E-state index in [2.05, 4.69) is 11.1 Å². The summed E-state index contributed by atoms with van der Waals surface area (Å²) < 4.78 is 0. The molecule has 1 heterocycles. The van der Waals surface area contributed by atoms with Crippen molar-refractivity contribution in [3.63, 3.8) is 0 Å². The molecule has 1 unspecified atom stereocenters. The highest BCUT2D eigenvalue weighted by atomic mass is 32.2. The summed E-state index contributed by atoms with van der Waals surface area (Å²) >= 11 is 1.31. The van der Waals surface area contributed by atoms with E-state index in [0.29, 0.717) is 16.6 Å². The summed E-state index contributed by atoms with van der Waals surface area (Å²) in [7, 11) is 0. The lowest BCUT2D eigenvalue weighted by molar-refractivity contribution is -0.141. The molecule has 4 nitrogen and oxygen atoms in total. The number of allylic oxidation sites excluding steroid dienone is 1. The van der Waals surface area contributed by atoms with Crippen molar-refractivity contribution >= 4 is 28.5 Å². The predicted octanol–water partition coefficient (Wildman–Crippen LogP) is 3.53. The zero-order valence-corrected chi connectivity index (χ0v) is 14.8. The fourth-order valence-corrected chi connectivity index (χ4v) is 6.84. The van der Waals surface area contributed by atoms with Crippen molar-refractivity contribution in [3.8, 4) is 6.07 Å². The Kier molecular flexibility index (Phi) is 3.91. The first kappa shape index (κ1) is 16.1. The average molecular weight is 342 g/mol. The Hall–Kier alpha value is -1.41. The first-order chi connectivity index (χ1) is 11.5. The standard InChI is InChI=1S/C19H22N2O2S/c1-11-2-17(23)21-18(15(11)9-20)24-10-16(22)19-6-12-3-13(7-19)5-14(4-12)8-19/h2,12-15H,3-8,10H2,1H3. The van der Waals surface area contributed by atoms with Gasteiger partial charge in [0.1, 0.15) is 11.7 Å². The van der Waals surface area contributed by atoms with Crippen LogP contribution in [0.5, 0.6) is 0 Å². The SMILES string of the molecule is CC1=CC(=O)N=C(SCC(=O)C23CC4CC(CC(C4)C2)C3)C1C#N. The number of Topliss-reactive ketones (excluding diaryl/α,β-unsaturated/α-hetero) is 1. The number of nitrogens with zero attached hydrogens (tertiary/aromatic N) is 2. The lowest BCUT2D eigenvalue weighted by atomic mass is 9.48. The molecule has 0 N–H and O–H groups in total. The molecule has 4 fully saturated rings. The summed E-state index contributed by atoms with van der Waals surface area (Å²) in [5.74, 6) is 2.12. The smallest absolute Gasteiger partial charge is 0.270 e. The fourth-order valence-electron chi connectivity index (χ4n) is 5.70. The van der Waals surface area contributed by atoms with E-state index >= 15 is 0 Å². The Bertz CT molecular complexity index is 665. The molecule has 0 radical (unpaired) electrons. The fraction of sp³-hybridized carbons (Fsp3) is 0.684. The van der Waals surface area contributed by atoms with Gasteiger partial charge in [-0.15, -0.1) is 11.8 Å². The van der Waals surface area contributed by atoms with Crippen LogP contribution in [0.1, 0.15) is 45.4 Å². The third-order valence-corrected chi connectivity index (χ3v) is 7.41. The summed E-state index contributed by atoms with van der Waals surface area (Å²) in [5, 5.41) is 9.83. The molecule has 0 aromatic rings. The van der Waals surface area contributed by atoms with Gasteiger partial charge >= 0.3 is 0 Å². The zero-order valence-electron chi connectivity index (χ0n) is 14.0. The highest BCUT2D eigenvalue weighted by Crippen LogP contribution is 2.60. The summed E-state index contributed by atoms with van der Waals surface area (Å²) in [6.45, 7) is 1.78. The Balaban J connectivity index is 1.46. The Morgan fingerprint density at radius 1 is 1.29 bits per heavy atom. The van der Waals surface area contributed by atoms with E-state index in [1.807, 2.05) is 0 Å². The molecule has 4 bridgehead atoms. The van der Waals surface area contributed by atoms with Crippen LogP contribution in [0.3, 0.4) is 0 Å². The highest BCUT2D eigenvalue weighted by Gasteiger charge is 2.54. The average Bonchev–Trinajstić information content (AvgIpc) is 2.50. The van der Waals surface area contributed by atoms with Gasteiger partial charge in [-0.3, -0.25) is 9.59 Å². The Labute approximate surface area is 146 Å². The molecule has 1 amide bonds. The predicted molar refractivity (Wildman–Crippen MR) is 93.4 cm³/mol. The van der Waals surface area contributed by atoms with E-state index in [-0.39, 0.29) is 11.3 Å². The largest absolute Gasteiger partial charge is 0.298 e. The lowest BCUT2D eigenvalue weighted by Crippen LogP contribution is -2.50. The van der Waals surface area contributed by atoms with Gasteiger partial charge in [0.15, 0.2) is 0 Å². The highest BCUT2D eigenvalue weighted by molar-refractivity contribution is 8.14. The molecule has 0 aromatic heterocycles. The Morgan fingerprint density at radius 3 is 2.42 bits per heavy atom. The van der Waals surface area contributed by atoms with Gasteiger partial charge in [-0.1, -0.05) is 0 Å². The number of hydrogen-bond donors (Lipinski definition) is 0. The number of dihydropyridines is 1. The summed E-state index contributed by atoms with van der Waals surface area (Å²) in [4.78, 5) is 28.7. The first-order valence-electron chi connectivity index (χ1n) is 8.85. The molecule has 126 valence electrons. The van der Waals surface area contributed by atoms with Crippen LogP contribution in [0.4, 0.5) is 0 Å². The van der Waals surface area contributed by atoms with Crippen molar-refractivity contribution in [2.24, 2.45) is 34.1 Å². The second kappa shape index (κ2) is 5.84. The van der Waals surface area contributed by atoms with Crippen molar-refractivity contribution < 1.29 is 9.59 Å². The third kappa shape index (κ3) is 2.65. The van der Waals surface area contributed by atoms with Crippen LogP contribution in [-0.2, 0) is 9.59 Å². The molecule has 4 saturated carbocycles. The minimum Gasteiger partial charge on any atom is -0.298 e. The van der Waals surface area contributed by atoms with Crippen LogP contribution >= 0.6 is 11.8 Å². The van der Waals surface area contributed by atoms with E-state index in [4.69, 9.17) is 0 Å². The van der Waals surface area contributed by atoms with Gasteiger partial charge in [0.25, 0.3) is 5.91 Å². The first-order valence-corrected chi connectivity index (χ1v) is 9.84. The van der Waals surface area contributed by atoms with Crippen molar-refractivity contribution in [2.75, 3.05) is 5.75 Å². The number of thioether (sulfide) groups is 1. The number of hydrogen-bond acceptors (Lipinski definition) is 4. The van der Waals surface area contributed by atoms with Crippen LogP contribution < -0.4 is 0 Å². The van der Waals surface area contributed by atoms with Crippen LogP contribution in [0.2, 0.25) is 0 Å². The summed E-state index contributed by atoms with van der Waals surface area (Å²) in [6.07, 6.45) is 8.56. The topological polar surface area (TPSA) is 70.3 Å². The Morgan fingerprint density at radius 2 is 1.88 bits per heavy atom. The molecule has 0 spiro atoms. The maximum absolute atomic E-state index is 13.0.